The Labute approximate surface area is 180 Å². The van der Waals surface area contributed by atoms with Gasteiger partial charge in [-0.05, 0) is 50.5 Å². The molecule has 3 rings (SSSR count). The summed E-state index contributed by atoms with van der Waals surface area (Å²) in [7, 11) is 1.58. The lowest BCUT2D eigenvalue weighted by atomic mass is 9.82. The smallest absolute Gasteiger partial charge is 0.351 e. The Morgan fingerprint density at radius 1 is 1.10 bits per heavy atom. The molecular formula is C22H23Cl2NO4. The monoisotopic (exact) mass is 435 g/mol. The number of hydrogen-bond acceptors (Lipinski definition) is 5. The molecule has 0 aliphatic carbocycles. The summed E-state index contributed by atoms with van der Waals surface area (Å²) in [6, 6.07) is 7.47. The van der Waals surface area contributed by atoms with Crippen LogP contribution in [0, 0.1) is 20.8 Å². The Kier molecular flexibility index (Phi) is 6.39. The fourth-order valence-electron chi connectivity index (χ4n) is 3.76. The number of rotatable bonds is 5. The van der Waals surface area contributed by atoms with E-state index in [-0.39, 0.29) is 6.61 Å². The zero-order valence-electron chi connectivity index (χ0n) is 17.0. The summed E-state index contributed by atoms with van der Waals surface area (Å²) < 4.78 is 10.8. The van der Waals surface area contributed by atoms with E-state index >= 15 is 0 Å². The van der Waals surface area contributed by atoms with Crippen molar-refractivity contribution in [1.29, 1.82) is 0 Å². The highest BCUT2D eigenvalue weighted by Gasteiger charge is 2.44. The normalized spacial score (nSPS) is 18.2. The minimum Gasteiger partial charge on any atom is -0.496 e. The fraction of sp³-hybridized carbons (Fsp3) is 0.364. The molecule has 29 heavy (non-hydrogen) atoms. The number of nitrogens with zero attached hydrogens (tertiary/aromatic N) is 1. The number of esters is 1. The van der Waals surface area contributed by atoms with Crippen LogP contribution >= 0.6 is 23.2 Å². The maximum Gasteiger partial charge on any atom is 0.351 e. The number of benzene rings is 2. The summed E-state index contributed by atoms with van der Waals surface area (Å²) >= 11 is 13.1. The average molecular weight is 436 g/mol. The molecule has 0 N–H and O–H groups in total. The number of carbonyl (C=O) groups excluding carboxylic acids is 1. The molecule has 1 heterocycles. The van der Waals surface area contributed by atoms with E-state index in [2.05, 4.69) is 5.16 Å². The Hall–Kier alpha value is -2.24. The number of ether oxygens (including phenoxy) is 2. The largest absolute Gasteiger partial charge is 0.496 e. The lowest BCUT2D eigenvalue weighted by molar-refractivity contribution is -0.155. The number of halogens is 2. The van der Waals surface area contributed by atoms with Gasteiger partial charge in [0, 0.05) is 21.2 Å². The van der Waals surface area contributed by atoms with Crippen LogP contribution in [-0.4, -0.2) is 31.5 Å². The van der Waals surface area contributed by atoms with Crippen molar-refractivity contribution in [2.45, 2.75) is 39.7 Å². The van der Waals surface area contributed by atoms with Crippen molar-refractivity contribution < 1.29 is 19.1 Å². The second-order valence-electron chi connectivity index (χ2n) is 6.85. The second-order valence-corrected chi connectivity index (χ2v) is 7.61. The van der Waals surface area contributed by atoms with Crippen molar-refractivity contribution in [2.24, 2.45) is 5.16 Å². The van der Waals surface area contributed by atoms with Gasteiger partial charge in [0.15, 0.2) is 0 Å². The van der Waals surface area contributed by atoms with Crippen LogP contribution in [0.15, 0.2) is 29.4 Å². The SMILES string of the molecule is CCOC(=O)[C@@H]1ON=C(c2c(C)c(Cl)c(C)c(Cl)c2C)[C@H]1c1ccccc1OC. The first-order chi connectivity index (χ1) is 13.8. The standard InChI is InChI=1S/C22H23Cl2NO4/c1-6-28-22(26)21-17(14-9-7-8-10-15(14)27-5)20(25-29-21)16-11(2)18(23)13(4)19(24)12(16)3/h7-10,17,21H,6H2,1-5H3/t17-,21-/m1/s1. The number of oxime groups is 1. The van der Waals surface area contributed by atoms with E-state index in [1.54, 1.807) is 14.0 Å². The third-order valence-electron chi connectivity index (χ3n) is 5.18. The zero-order valence-corrected chi connectivity index (χ0v) is 18.5. The fourth-order valence-corrected chi connectivity index (χ4v) is 4.18. The van der Waals surface area contributed by atoms with Gasteiger partial charge in [0.2, 0.25) is 6.10 Å². The van der Waals surface area contributed by atoms with Crippen molar-refractivity contribution in [3.05, 3.63) is 62.1 Å². The summed E-state index contributed by atoms with van der Waals surface area (Å²) in [6.45, 7) is 7.69. The van der Waals surface area contributed by atoms with E-state index in [4.69, 9.17) is 37.5 Å². The third kappa shape index (κ3) is 3.69. The van der Waals surface area contributed by atoms with E-state index in [0.717, 1.165) is 27.8 Å². The predicted molar refractivity (Wildman–Crippen MR) is 114 cm³/mol. The van der Waals surface area contributed by atoms with Crippen molar-refractivity contribution in [3.8, 4) is 5.75 Å². The van der Waals surface area contributed by atoms with Crippen LogP contribution in [0.25, 0.3) is 0 Å². The molecule has 7 heteroatoms. The predicted octanol–water partition coefficient (Wildman–Crippen LogP) is 5.38. The van der Waals surface area contributed by atoms with Crippen molar-refractivity contribution in [3.63, 3.8) is 0 Å². The van der Waals surface area contributed by atoms with Gasteiger partial charge in [-0.15, -0.1) is 0 Å². The van der Waals surface area contributed by atoms with E-state index in [9.17, 15) is 4.79 Å². The minimum absolute atomic E-state index is 0.243. The Bertz CT molecular complexity index is 958. The molecule has 0 unspecified atom stereocenters. The Balaban J connectivity index is 2.22. The molecule has 0 saturated heterocycles. The second kappa shape index (κ2) is 8.64. The topological polar surface area (TPSA) is 57.1 Å². The van der Waals surface area contributed by atoms with Gasteiger partial charge < -0.3 is 14.3 Å². The lowest BCUT2D eigenvalue weighted by Crippen LogP contribution is -2.32. The summed E-state index contributed by atoms with van der Waals surface area (Å²) in [5.74, 6) is -0.385. The number of para-hydroxylation sites is 1. The lowest BCUT2D eigenvalue weighted by Gasteiger charge is -2.23. The average Bonchev–Trinajstić information content (AvgIpc) is 3.15. The van der Waals surface area contributed by atoms with Crippen molar-refractivity contribution in [2.75, 3.05) is 13.7 Å². The molecule has 0 saturated carbocycles. The van der Waals surface area contributed by atoms with Gasteiger partial charge in [-0.3, -0.25) is 0 Å². The van der Waals surface area contributed by atoms with Gasteiger partial charge >= 0.3 is 5.97 Å². The molecule has 0 spiro atoms. The molecule has 0 bridgehead atoms. The summed E-state index contributed by atoms with van der Waals surface area (Å²) in [5, 5.41) is 5.43. The number of methoxy groups -OCH3 is 1. The van der Waals surface area contributed by atoms with E-state index < -0.39 is 18.0 Å². The van der Waals surface area contributed by atoms with Crippen LogP contribution in [0.3, 0.4) is 0 Å². The first-order valence-electron chi connectivity index (χ1n) is 9.31. The van der Waals surface area contributed by atoms with E-state index in [1.807, 2.05) is 45.0 Å². The highest BCUT2D eigenvalue weighted by atomic mass is 35.5. The van der Waals surface area contributed by atoms with Gasteiger partial charge in [-0.1, -0.05) is 46.6 Å². The molecule has 1 aliphatic rings. The van der Waals surface area contributed by atoms with Crippen molar-refractivity contribution >= 4 is 34.9 Å². The molecule has 2 atom stereocenters. The molecule has 5 nitrogen and oxygen atoms in total. The summed E-state index contributed by atoms with van der Waals surface area (Å²) in [4.78, 5) is 18.2. The molecule has 0 amide bonds. The number of carbonyl (C=O) groups is 1. The number of hydrogen-bond donors (Lipinski definition) is 0. The highest BCUT2D eigenvalue weighted by Crippen LogP contribution is 2.42. The van der Waals surface area contributed by atoms with Crippen molar-refractivity contribution in [1.82, 2.24) is 0 Å². The quantitative estimate of drug-likeness (QED) is 0.591. The van der Waals surface area contributed by atoms with Gasteiger partial charge in [0.05, 0.1) is 25.3 Å². The van der Waals surface area contributed by atoms with E-state index in [0.29, 0.717) is 21.5 Å². The molecule has 0 aromatic heterocycles. The molecule has 1 aliphatic heterocycles. The van der Waals surface area contributed by atoms with Crippen LogP contribution < -0.4 is 4.74 Å². The molecular weight excluding hydrogens is 413 g/mol. The summed E-state index contributed by atoms with van der Waals surface area (Å²) in [6.07, 6.45) is -0.932. The van der Waals surface area contributed by atoms with Gasteiger partial charge in [0.1, 0.15) is 5.75 Å². The first-order valence-corrected chi connectivity index (χ1v) is 10.1. The zero-order chi connectivity index (χ0) is 21.3. The molecule has 0 radical (unpaired) electrons. The van der Waals surface area contributed by atoms with Crippen LogP contribution in [0.5, 0.6) is 5.75 Å². The third-order valence-corrected chi connectivity index (χ3v) is 6.31. The Morgan fingerprint density at radius 3 is 2.31 bits per heavy atom. The molecule has 2 aromatic carbocycles. The van der Waals surface area contributed by atoms with E-state index in [1.165, 1.54) is 0 Å². The maximum atomic E-state index is 12.6. The van der Waals surface area contributed by atoms with Crippen LogP contribution in [0.1, 0.15) is 40.7 Å². The van der Waals surface area contributed by atoms with Crippen LogP contribution in [0.2, 0.25) is 10.0 Å². The Morgan fingerprint density at radius 2 is 1.72 bits per heavy atom. The van der Waals surface area contributed by atoms with Gasteiger partial charge in [-0.25, -0.2) is 4.79 Å². The maximum absolute atomic E-state index is 12.6. The first kappa shape index (κ1) is 21.5. The molecule has 2 aromatic rings. The minimum atomic E-state index is -0.932. The molecule has 154 valence electrons. The summed E-state index contributed by atoms with van der Waals surface area (Å²) in [5.41, 5.74) is 4.59. The van der Waals surface area contributed by atoms with Gasteiger partial charge in [0.25, 0.3) is 0 Å². The highest BCUT2D eigenvalue weighted by molar-refractivity contribution is 6.38. The van der Waals surface area contributed by atoms with Crippen LogP contribution in [0.4, 0.5) is 0 Å². The van der Waals surface area contributed by atoms with Crippen LogP contribution in [-0.2, 0) is 14.4 Å². The van der Waals surface area contributed by atoms with Gasteiger partial charge in [-0.2, -0.15) is 0 Å². The molecule has 0 fully saturated rings.